The molecule has 142 valence electrons. The van der Waals surface area contributed by atoms with Gasteiger partial charge in [0, 0.05) is 42.1 Å². The third-order valence-corrected chi connectivity index (χ3v) is 5.58. The Labute approximate surface area is 166 Å². The monoisotopic (exact) mass is 383 g/mol. The Morgan fingerprint density at radius 2 is 1.70 bits per heavy atom. The summed E-state index contributed by atoms with van der Waals surface area (Å²) in [6.07, 6.45) is 4.88. The highest BCUT2D eigenvalue weighted by Gasteiger charge is 2.30. The summed E-state index contributed by atoms with van der Waals surface area (Å²) in [5, 5.41) is 3.79. The van der Waals surface area contributed by atoms with Crippen LogP contribution in [0.3, 0.4) is 0 Å². The van der Waals surface area contributed by atoms with E-state index < -0.39 is 0 Å². The predicted molar refractivity (Wildman–Crippen MR) is 111 cm³/mol. The summed E-state index contributed by atoms with van der Waals surface area (Å²) < 4.78 is 0. The van der Waals surface area contributed by atoms with Gasteiger partial charge in [-0.1, -0.05) is 23.7 Å². The SMILES string of the molecule is O=C(CN(Cc1ccc(Cl)cc1)C1CC1)Nc1ccc(N2CCCC2)cc1. The Kier molecular flexibility index (Phi) is 5.65. The predicted octanol–water partition coefficient (Wildman–Crippen LogP) is 4.54. The van der Waals surface area contributed by atoms with Crippen molar-refractivity contribution in [2.24, 2.45) is 0 Å². The number of hydrogen-bond donors (Lipinski definition) is 1. The number of nitrogens with one attached hydrogen (secondary N) is 1. The standard InChI is InChI=1S/C22H26ClN3O/c23-18-5-3-17(4-6-18)15-26(21-11-12-21)16-22(27)24-19-7-9-20(10-8-19)25-13-1-2-14-25/h3-10,21H,1-2,11-16H2,(H,24,27). The van der Waals surface area contributed by atoms with E-state index in [1.165, 1.54) is 36.9 Å². The van der Waals surface area contributed by atoms with Gasteiger partial charge in [0.1, 0.15) is 0 Å². The molecular formula is C22H26ClN3O. The molecule has 2 aromatic rings. The van der Waals surface area contributed by atoms with Crippen molar-refractivity contribution in [3.8, 4) is 0 Å². The quantitative estimate of drug-likeness (QED) is 0.762. The van der Waals surface area contributed by atoms with Crippen molar-refractivity contribution in [1.29, 1.82) is 0 Å². The van der Waals surface area contributed by atoms with E-state index in [2.05, 4.69) is 27.2 Å². The van der Waals surface area contributed by atoms with E-state index in [-0.39, 0.29) is 5.91 Å². The Hall–Kier alpha value is -2.04. The van der Waals surface area contributed by atoms with E-state index in [0.717, 1.165) is 30.3 Å². The first kappa shape index (κ1) is 18.3. The number of amides is 1. The number of anilines is 2. The minimum Gasteiger partial charge on any atom is -0.372 e. The highest BCUT2D eigenvalue weighted by molar-refractivity contribution is 6.30. The third-order valence-electron chi connectivity index (χ3n) is 5.33. The lowest BCUT2D eigenvalue weighted by molar-refractivity contribution is -0.117. The fourth-order valence-electron chi connectivity index (χ4n) is 3.69. The van der Waals surface area contributed by atoms with Crippen LogP contribution in [0.25, 0.3) is 0 Å². The second kappa shape index (κ2) is 8.32. The maximum absolute atomic E-state index is 12.6. The van der Waals surface area contributed by atoms with Crippen LogP contribution in [0.1, 0.15) is 31.2 Å². The molecule has 0 radical (unpaired) electrons. The van der Waals surface area contributed by atoms with E-state index in [4.69, 9.17) is 11.6 Å². The normalized spacial score (nSPS) is 16.7. The summed E-state index contributed by atoms with van der Waals surface area (Å²) in [5.41, 5.74) is 3.30. The summed E-state index contributed by atoms with van der Waals surface area (Å²) in [7, 11) is 0. The van der Waals surface area contributed by atoms with Crippen molar-refractivity contribution >= 4 is 28.9 Å². The molecule has 1 N–H and O–H groups in total. The second-order valence-corrected chi connectivity index (χ2v) is 7.99. The molecule has 4 rings (SSSR count). The van der Waals surface area contributed by atoms with Crippen LogP contribution in [0.15, 0.2) is 48.5 Å². The van der Waals surface area contributed by atoms with Gasteiger partial charge in [0.25, 0.3) is 0 Å². The van der Waals surface area contributed by atoms with Gasteiger partial charge in [-0.3, -0.25) is 9.69 Å². The average molecular weight is 384 g/mol. The largest absolute Gasteiger partial charge is 0.372 e. The molecule has 0 unspecified atom stereocenters. The Bertz CT molecular complexity index is 765. The molecule has 0 spiro atoms. The lowest BCUT2D eigenvalue weighted by atomic mass is 10.2. The van der Waals surface area contributed by atoms with E-state index in [0.29, 0.717) is 12.6 Å². The van der Waals surface area contributed by atoms with Gasteiger partial charge in [-0.15, -0.1) is 0 Å². The van der Waals surface area contributed by atoms with Crippen LogP contribution in [-0.4, -0.2) is 36.5 Å². The number of nitrogens with zero attached hydrogens (tertiary/aromatic N) is 2. The van der Waals surface area contributed by atoms with Gasteiger partial charge in [0.05, 0.1) is 6.54 Å². The van der Waals surface area contributed by atoms with Crippen molar-refractivity contribution in [1.82, 2.24) is 4.90 Å². The van der Waals surface area contributed by atoms with Crippen molar-refractivity contribution < 1.29 is 4.79 Å². The Morgan fingerprint density at radius 3 is 2.33 bits per heavy atom. The van der Waals surface area contributed by atoms with Crippen molar-refractivity contribution in [3.05, 3.63) is 59.1 Å². The topological polar surface area (TPSA) is 35.6 Å². The Morgan fingerprint density at radius 1 is 1.04 bits per heavy atom. The molecule has 1 aliphatic carbocycles. The van der Waals surface area contributed by atoms with E-state index in [9.17, 15) is 4.79 Å². The first-order valence-electron chi connectivity index (χ1n) is 9.81. The van der Waals surface area contributed by atoms with Crippen LogP contribution in [-0.2, 0) is 11.3 Å². The summed E-state index contributed by atoms with van der Waals surface area (Å²) in [6.45, 7) is 3.46. The van der Waals surface area contributed by atoms with Crippen LogP contribution in [0.4, 0.5) is 11.4 Å². The molecule has 5 heteroatoms. The number of carbonyl (C=O) groups excluding carboxylic acids is 1. The molecule has 0 atom stereocenters. The fourth-order valence-corrected chi connectivity index (χ4v) is 3.82. The first-order valence-corrected chi connectivity index (χ1v) is 10.2. The van der Waals surface area contributed by atoms with Crippen LogP contribution in [0, 0.1) is 0 Å². The highest BCUT2D eigenvalue weighted by atomic mass is 35.5. The average Bonchev–Trinajstić information content (AvgIpc) is 3.38. The second-order valence-electron chi connectivity index (χ2n) is 7.55. The van der Waals surface area contributed by atoms with Gasteiger partial charge in [-0.25, -0.2) is 0 Å². The van der Waals surface area contributed by atoms with Crippen LogP contribution in [0.5, 0.6) is 0 Å². The first-order chi connectivity index (χ1) is 13.2. The van der Waals surface area contributed by atoms with Crippen LogP contribution in [0.2, 0.25) is 5.02 Å². The maximum Gasteiger partial charge on any atom is 0.238 e. The lowest BCUT2D eigenvalue weighted by Gasteiger charge is -2.22. The Balaban J connectivity index is 1.33. The number of rotatable bonds is 7. The van der Waals surface area contributed by atoms with Crippen molar-refractivity contribution in [2.75, 3.05) is 29.9 Å². The van der Waals surface area contributed by atoms with Crippen LogP contribution >= 0.6 is 11.6 Å². The minimum absolute atomic E-state index is 0.0461. The summed E-state index contributed by atoms with van der Waals surface area (Å²) in [6, 6.07) is 16.6. The summed E-state index contributed by atoms with van der Waals surface area (Å²) >= 11 is 5.97. The zero-order valence-electron chi connectivity index (χ0n) is 15.5. The molecule has 1 saturated heterocycles. The third kappa shape index (κ3) is 5.02. The number of halogens is 1. The smallest absolute Gasteiger partial charge is 0.238 e. The fraction of sp³-hybridized carbons (Fsp3) is 0.409. The van der Waals surface area contributed by atoms with Gasteiger partial charge in [0.15, 0.2) is 0 Å². The molecule has 4 nitrogen and oxygen atoms in total. The molecule has 0 aromatic heterocycles. The molecule has 1 heterocycles. The summed E-state index contributed by atoms with van der Waals surface area (Å²) in [5.74, 6) is 0.0461. The zero-order valence-corrected chi connectivity index (χ0v) is 16.3. The molecule has 1 saturated carbocycles. The summed E-state index contributed by atoms with van der Waals surface area (Å²) in [4.78, 5) is 17.2. The minimum atomic E-state index is 0.0461. The molecule has 1 aliphatic heterocycles. The van der Waals surface area contributed by atoms with Crippen molar-refractivity contribution in [2.45, 2.75) is 38.3 Å². The van der Waals surface area contributed by atoms with Gasteiger partial charge in [-0.2, -0.15) is 0 Å². The molecule has 2 aromatic carbocycles. The molecule has 0 bridgehead atoms. The number of hydrogen-bond acceptors (Lipinski definition) is 3. The van der Waals surface area contributed by atoms with E-state index in [1.54, 1.807) is 0 Å². The van der Waals surface area contributed by atoms with Gasteiger partial charge < -0.3 is 10.2 Å². The van der Waals surface area contributed by atoms with Gasteiger partial charge in [0.2, 0.25) is 5.91 Å². The molecule has 1 amide bonds. The number of benzene rings is 2. The molecule has 2 fully saturated rings. The van der Waals surface area contributed by atoms with Gasteiger partial charge in [-0.05, 0) is 67.6 Å². The molecule has 2 aliphatic rings. The maximum atomic E-state index is 12.6. The van der Waals surface area contributed by atoms with Gasteiger partial charge >= 0.3 is 0 Å². The molecular weight excluding hydrogens is 358 g/mol. The van der Waals surface area contributed by atoms with E-state index in [1.807, 2.05) is 36.4 Å². The van der Waals surface area contributed by atoms with Crippen LogP contribution < -0.4 is 10.2 Å². The highest BCUT2D eigenvalue weighted by Crippen LogP contribution is 2.28. The van der Waals surface area contributed by atoms with Crippen molar-refractivity contribution in [3.63, 3.8) is 0 Å². The van der Waals surface area contributed by atoms with E-state index >= 15 is 0 Å². The lowest BCUT2D eigenvalue weighted by Crippen LogP contribution is -2.34. The number of carbonyl (C=O) groups is 1. The zero-order chi connectivity index (χ0) is 18.6. The molecule has 27 heavy (non-hydrogen) atoms.